The van der Waals surface area contributed by atoms with Crippen molar-refractivity contribution in [2.75, 3.05) is 0 Å². The maximum atomic E-state index is 13.1. The van der Waals surface area contributed by atoms with Gasteiger partial charge >= 0.3 is 0 Å². The van der Waals surface area contributed by atoms with Crippen molar-refractivity contribution >= 4 is 38.9 Å². The van der Waals surface area contributed by atoms with E-state index in [9.17, 15) is 4.39 Å². The Morgan fingerprint density at radius 1 is 1.14 bits per heavy atom. The van der Waals surface area contributed by atoms with Crippen LogP contribution >= 0.6 is 38.9 Å². The van der Waals surface area contributed by atoms with Crippen LogP contribution < -0.4 is 0 Å². The van der Waals surface area contributed by atoms with Crippen LogP contribution in [0.25, 0.3) is 21.8 Å². The molecule has 1 heterocycles. The van der Waals surface area contributed by atoms with Crippen molar-refractivity contribution in [3.05, 3.63) is 62.7 Å². The third-order valence-corrected chi connectivity index (χ3v) is 4.92. The highest BCUT2D eigenvalue weighted by atomic mass is 79.9. The maximum absolute atomic E-state index is 13.1. The van der Waals surface area contributed by atoms with Gasteiger partial charge in [0, 0.05) is 20.5 Å². The Balaban J connectivity index is 2.07. The second-order valence-corrected chi connectivity index (χ2v) is 7.08. The molecule has 3 rings (SSSR count). The van der Waals surface area contributed by atoms with Gasteiger partial charge in [-0.1, -0.05) is 39.7 Å². The first-order chi connectivity index (χ1) is 10.0. The number of hydrogen-bond acceptors (Lipinski definition) is 2. The average molecular weight is 383 g/mol. The molecule has 0 saturated carbocycles. The predicted molar refractivity (Wildman–Crippen MR) is 90.4 cm³/mol. The highest BCUT2D eigenvalue weighted by Crippen LogP contribution is 2.36. The Labute approximate surface area is 139 Å². The monoisotopic (exact) mass is 381 g/mol. The molecule has 0 spiro atoms. The molecule has 5 heteroatoms. The Bertz CT molecular complexity index is 799. The molecule has 0 saturated heterocycles. The highest BCUT2D eigenvalue weighted by molar-refractivity contribution is 9.10. The zero-order chi connectivity index (χ0) is 15.0. The second-order valence-electron chi connectivity index (χ2n) is 4.55. The summed E-state index contributed by atoms with van der Waals surface area (Å²) < 4.78 is 14.2. The Morgan fingerprint density at radius 2 is 1.86 bits per heavy atom. The van der Waals surface area contributed by atoms with Gasteiger partial charge in [0.15, 0.2) is 0 Å². The van der Waals surface area contributed by atoms with Crippen molar-refractivity contribution in [1.29, 1.82) is 0 Å². The molecule has 0 amide bonds. The Morgan fingerprint density at radius 3 is 2.52 bits per heavy atom. The molecule has 3 aromatic rings. The number of rotatable bonds is 2. The molecule has 0 aliphatic carbocycles. The lowest BCUT2D eigenvalue weighted by molar-refractivity contribution is 0.628. The first-order valence-electron chi connectivity index (χ1n) is 6.23. The van der Waals surface area contributed by atoms with Gasteiger partial charge in [-0.25, -0.2) is 9.37 Å². The molecule has 0 unspecified atom stereocenters. The molecular formula is C16H10BrClFNS. The maximum Gasteiger partial charge on any atom is 0.125 e. The van der Waals surface area contributed by atoms with Gasteiger partial charge < -0.3 is 0 Å². The van der Waals surface area contributed by atoms with Crippen molar-refractivity contribution in [2.24, 2.45) is 0 Å². The number of benzene rings is 2. The van der Waals surface area contributed by atoms with Crippen molar-refractivity contribution < 1.29 is 4.39 Å². The van der Waals surface area contributed by atoms with Gasteiger partial charge in [0.05, 0.1) is 10.7 Å². The summed E-state index contributed by atoms with van der Waals surface area (Å²) >= 11 is 11.1. The standard InChI is InChI=1S/C16H10BrClFNS/c1-9-15(10-2-4-11(17)5-3-10)20-16(21-9)13-7-6-12(19)8-14(13)18/h2-8H,1H3. The minimum Gasteiger partial charge on any atom is -0.236 e. The lowest BCUT2D eigenvalue weighted by Crippen LogP contribution is -1.83. The van der Waals surface area contributed by atoms with Crippen LogP contribution in [0.1, 0.15) is 4.88 Å². The van der Waals surface area contributed by atoms with Crippen molar-refractivity contribution in [3.8, 4) is 21.8 Å². The minimum absolute atomic E-state index is 0.342. The van der Waals surface area contributed by atoms with Crippen LogP contribution in [0, 0.1) is 12.7 Å². The molecule has 0 radical (unpaired) electrons. The zero-order valence-electron chi connectivity index (χ0n) is 11.0. The summed E-state index contributed by atoms with van der Waals surface area (Å²) in [4.78, 5) is 5.77. The quantitative estimate of drug-likeness (QED) is 0.504. The number of nitrogens with zero attached hydrogens (tertiary/aromatic N) is 1. The van der Waals surface area contributed by atoms with Crippen LogP contribution in [0.15, 0.2) is 46.9 Å². The fourth-order valence-corrected chi connectivity index (χ4v) is 3.60. The number of aryl methyl sites for hydroxylation is 1. The largest absolute Gasteiger partial charge is 0.236 e. The van der Waals surface area contributed by atoms with Crippen molar-refractivity contribution in [3.63, 3.8) is 0 Å². The van der Waals surface area contributed by atoms with Crippen LogP contribution in [0.4, 0.5) is 4.39 Å². The van der Waals surface area contributed by atoms with Gasteiger partial charge in [-0.2, -0.15) is 0 Å². The summed E-state index contributed by atoms with van der Waals surface area (Å²) in [6.45, 7) is 2.02. The zero-order valence-corrected chi connectivity index (χ0v) is 14.2. The normalized spacial score (nSPS) is 10.9. The number of aromatic nitrogens is 1. The number of hydrogen-bond donors (Lipinski definition) is 0. The van der Waals surface area contributed by atoms with E-state index in [2.05, 4.69) is 20.9 Å². The van der Waals surface area contributed by atoms with Gasteiger partial charge in [0.2, 0.25) is 0 Å². The molecule has 0 bridgehead atoms. The van der Waals surface area contributed by atoms with Crippen LogP contribution in [-0.4, -0.2) is 4.98 Å². The highest BCUT2D eigenvalue weighted by Gasteiger charge is 2.14. The summed E-state index contributed by atoms with van der Waals surface area (Å²) in [6, 6.07) is 12.4. The molecule has 0 fully saturated rings. The van der Waals surface area contributed by atoms with E-state index in [1.54, 1.807) is 17.4 Å². The van der Waals surface area contributed by atoms with E-state index < -0.39 is 0 Å². The first-order valence-corrected chi connectivity index (χ1v) is 8.22. The lowest BCUT2D eigenvalue weighted by atomic mass is 10.1. The minimum atomic E-state index is -0.342. The topological polar surface area (TPSA) is 12.9 Å². The van der Waals surface area contributed by atoms with Gasteiger partial charge in [0.1, 0.15) is 10.8 Å². The van der Waals surface area contributed by atoms with Gasteiger partial charge in [0.25, 0.3) is 0 Å². The first kappa shape index (κ1) is 14.7. The molecular weight excluding hydrogens is 373 g/mol. The molecule has 2 aromatic carbocycles. The molecule has 0 N–H and O–H groups in total. The van der Waals surface area contributed by atoms with Crippen LogP contribution in [0.3, 0.4) is 0 Å². The predicted octanol–water partition coefficient (Wildman–Crippen LogP) is 6.34. The molecule has 106 valence electrons. The molecule has 0 aliphatic rings. The second kappa shape index (κ2) is 5.87. The Hall–Kier alpha value is -1.23. The summed E-state index contributed by atoms with van der Waals surface area (Å²) in [5.41, 5.74) is 2.74. The van der Waals surface area contributed by atoms with E-state index in [0.29, 0.717) is 5.02 Å². The van der Waals surface area contributed by atoms with Crippen LogP contribution in [-0.2, 0) is 0 Å². The smallest absolute Gasteiger partial charge is 0.125 e. The average Bonchev–Trinajstić information content (AvgIpc) is 2.81. The molecule has 1 nitrogen and oxygen atoms in total. The molecule has 0 aliphatic heterocycles. The van der Waals surface area contributed by atoms with Gasteiger partial charge in [-0.3, -0.25) is 0 Å². The fourth-order valence-electron chi connectivity index (χ4n) is 2.05. The lowest BCUT2D eigenvalue weighted by Gasteiger charge is -2.00. The van der Waals surface area contributed by atoms with Crippen LogP contribution in [0.5, 0.6) is 0 Å². The summed E-state index contributed by atoms with van der Waals surface area (Å²) in [7, 11) is 0. The summed E-state index contributed by atoms with van der Waals surface area (Å²) in [5.74, 6) is -0.342. The van der Waals surface area contributed by atoms with Crippen LogP contribution in [0.2, 0.25) is 5.02 Å². The molecule has 1 aromatic heterocycles. The Kier molecular flexibility index (Phi) is 4.11. The van der Waals surface area contributed by atoms with E-state index >= 15 is 0 Å². The van der Waals surface area contributed by atoms with Gasteiger partial charge in [-0.15, -0.1) is 11.3 Å². The van der Waals surface area contributed by atoms with E-state index in [1.807, 2.05) is 31.2 Å². The molecule has 21 heavy (non-hydrogen) atoms. The summed E-state index contributed by atoms with van der Waals surface area (Å²) in [5, 5.41) is 1.18. The molecule has 0 atom stereocenters. The van der Waals surface area contributed by atoms with E-state index in [0.717, 1.165) is 31.2 Å². The third-order valence-electron chi connectivity index (χ3n) is 3.08. The van der Waals surface area contributed by atoms with E-state index in [-0.39, 0.29) is 5.82 Å². The third kappa shape index (κ3) is 3.03. The van der Waals surface area contributed by atoms with E-state index in [4.69, 9.17) is 11.6 Å². The van der Waals surface area contributed by atoms with Gasteiger partial charge in [-0.05, 0) is 37.3 Å². The van der Waals surface area contributed by atoms with Crippen molar-refractivity contribution in [2.45, 2.75) is 6.92 Å². The van der Waals surface area contributed by atoms with E-state index in [1.165, 1.54) is 12.1 Å². The SMILES string of the molecule is Cc1sc(-c2ccc(F)cc2Cl)nc1-c1ccc(Br)cc1. The fraction of sp³-hybridized carbons (Fsp3) is 0.0625. The van der Waals surface area contributed by atoms with Crippen molar-refractivity contribution in [1.82, 2.24) is 4.98 Å². The number of halogens is 3. The summed E-state index contributed by atoms with van der Waals surface area (Å²) in [6.07, 6.45) is 0. The number of thiazole rings is 1.